The number of carbonyl (C=O) groups excluding carboxylic acids is 2. The summed E-state index contributed by atoms with van der Waals surface area (Å²) in [7, 11) is 0. The summed E-state index contributed by atoms with van der Waals surface area (Å²) >= 11 is 0. The van der Waals surface area contributed by atoms with Crippen LogP contribution in [0.15, 0.2) is 97.1 Å². The Morgan fingerprint density at radius 2 is 1.12 bits per heavy atom. The topological polar surface area (TPSA) is 123 Å². The number of benzene rings is 4. The molecule has 0 saturated heterocycles. The van der Waals surface area contributed by atoms with Crippen LogP contribution in [0.3, 0.4) is 0 Å². The van der Waals surface area contributed by atoms with Gasteiger partial charge in [0, 0.05) is 24.8 Å². The van der Waals surface area contributed by atoms with Gasteiger partial charge in [0.05, 0.1) is 76.3 Å². The number of nitrogens with one attached hydrogen (secondary N) is 2. The average molecular weight is 781 g/mol. The van der Waals surface area contributed by atoms with E-state index in [1.54, 1.807) is 18.2 Å². The highest BCUT2D eigenvalue weighted by Crippen LogP contribution is 2.44. The van der Waals surface area contributed by atoms with Crippen LogP contribution in [0.4, 0.5) is 29.3 Å². The third-order valence-corrected chi connectivity index (χ3v) is 8.64. The van der Waals surface area contributed by atoms with Crippen LogP contribution in [0.25, 0.3) is 11.1 Å². The molecule has 0 heterocycles. The number of anilines is 2. The number of halogens is 3. The zero-order valence-electron chi connectivity index (χ0n) is 31.0. The number of alkyl halides is 3. The van der Waals surface area contributed by atoms with Crippen molar-refractivity contribution < 1.29 is 55.9 Å². The molecule has 1 amide bonds. The van der Waals surface area contributed by atoms with Crippen molar-refractivity contribution >= 4 is 23.4 Å². The molecule has 11 nitrogen and oxygen atoms in total. The molecule has 5 rings (SSSR count). The van der Waals surface area contributed by atoms with Crippen LogP contribution in [0.2, 0.25) is 0 Å². The second-order valence-electron chi connectivity index (χ2n) is 12.6. The third kappa shape index (κ3) is 13.3. The second kappa shape index (κ2) is 22.5. The average Bonchev–Trinajstić information content (AvgIpc) is 3.52. The maximum absolute atomic E-state index is 13.1. The van der Waals surface area contributed by atoms with Crippen LogP contribution in [-0.4, -0.2) is 97.9 Å². The zero-order valence-corrected chi connectivity index (χ0v) is 31.0. The van der Waals surface area contributed by atoms with Gasteiger partial charge in [-0.15, -0.1) is 0 Å². The first-order valence-corrected chi connectivity index (χ1v) is 18.5. The van der Waals surface area contributed by atoms with Gasteiger partial charge in [0.15, 0.2) is 0 Å². The molecule has 0 fully saturated rings. The summed E-state index contributed by atoms with van der Waals surface area (Å²) in [6.07, 6.45) is -4.27. The van der Waals surface area contributed by atoms with Crippen LogP contribution >= 0.6 is 0 Å². The molecule has 14 heteroatoms. The number of amides is 1. The molecule has 0 unspecified atom stereocenters. The van der Waals surface area contributed by atoms with Crippen molar-refractivity contribution in [2.24, 2.45) is 0 Å². The van der Waals surface area contributed by atoms with Gasteiger partial charge < -0.3 is 43.8 Å². The number of hydrogen-bond donors (Lipinski definition) is 2. The van der Waals surface area contributed by atoms with E-state index in [0.29, 0.717) is 78.1 Å². The van der Waals surface area contributed by atoms with Crippen molar-refractivity contribution in [3.63, 3.8) is 0 Å². The van der Waals surface area contributed by atoms with Gasteiger partial charge in [-0.2, -0.15) is 13.2 Å². The molecule has 0 atom stereocenters. The summed E-state index contributed by atoms with van der Waals surface area (Å²) in [5.41, 5.74) is 4.63. The van der Waals surface area contributed by atoms with Crippen molar-refractivity contribution in [2.75, 3.05) is 91.1 Å². The van der Waals surface area contributed by atoms with Crippen LogP contribution in [0.5, 0.6) is 0 Å². The number of hydrogen-bond acceptors (Lipinski definition) is 10. The minimum atomic E-state index is -4.48. The number of alkyl carbamates (subject to hydrolysis) is 1. The van der Waals surface area contributed by atoms with Gasteiger partial charge in [-0.05, 0) is 59.0 Å². The Hall–Kier alpha value is -4.99. The highest BCUT2D eigenvalue weighted by molar-refractivity contribution is 5.96. The van der Waals surface area contributed by atoms with Crippen molar-refractivity contribution in [1.29, 1.82) is 0 Å². The van der Waals surface area contributed by atoms with Gasteiger partial charge >= 0.3 is 18.2 Å². The molecule has 4 aromatic rings. The van der Waals surface area contributed by atoms with E-state index in [2.05, 4.69) is 34.9 Å². The molecule has 1 aliphatic rings. The van der Waals surface area contributed by atoms with Gasteiger partial charge in [0.1, 0.15) is 13.2 Å². The van der Waals surface area contributed by atoms with E-state index < -0.39 is 23.8 Å². The fourth-order valence-electron chi connectivity index (χ4n) is 5.97. The zero-order chi connectivity index (χ0) is 39.4. The van der Waals surface area contributed by atoms with E-state index >= 15 is 0 Å². The minimum Gasteiger partial charge on any atom is -0.460 e. The molecule has 4 aromatic carbocycles. The predicted molar refractivity (Wildman–Crippen MR) is 203 cm³/mol. The summed E-state index contributed by atoms with van der Waals surface area (Å²) in [6.45, 7) is 4.42. The molecule has 2 N–H and O–H groups in total. The number of ether oxygens (including phenoxy) is 7. The molecule has 56 heavy (non-hydrogen) atoms. The van der Waals surface area contributed by atoms with Gasteiger partial charge in [-0.3, -0.25) is 0 Å². The lowest BCUT2D eigenvalue weighted by Crippen LogP contribution is -2.27. The fourth-order valence-corrected chi connectivity index (χ4v) is 5.97. The molecule has 0 aromatic heterocycles. The second-order valence-corrected chi connectivity index (χ2v) is 12.6. The first-order chi connectivity index (χ1) is 27.3. The Morgan fingerprint density at radius 1 is 0.589 bits per heavy atom. The number of fused-ring (bicyclic) bond motifs is 3. The van der Waals surface area contributed by atoms with E-state index in [1.807, 2.05) is 24.3 Å². The molecule has 1 aliphatic carbocycles. The SMILES string of the molecule is O=C(NCCCOCCOCCOCCOCCOCCOC(=O)c1ccccc1Nc1cccc(C(F)(F)F)c1)OCC1c2ccccc2-c2ccccc21. The first-order valence-electron chi connectivity index (χ1n) is 18.5. The standard InChI is InChI=1S/C42H47F3N2O9/c43-42(44,45)31-9-7-10-32(29-31)47-39-16-6-5-15-37(39)40(48)55-28-27-54-26-25-53-24-23-52-22-21-51-20-19-50-18-8-17-46-41(49)56-30-38-35-13-3-1-11-33(35)34-12-2-4-14-36(34)38/h1-7,9-16,29,38,47H,8,17-28,30H2,(H,46,49). The number of carbonyl (C=O) groups is 2. The number of rotatable bonds is 24. The van der Waals surface area contributed by atoms with Crippen molar-refractivity contribution in [3.05, 3.63) is 119 Å². The van der Waals surface area contributed by atoms with Crippen molar-refractivity contribution in [2.45, 2.75) is 18.5 Å². The number of esters is 1. The van der Waals surface area contributed by atoms with E-state index in [4.69, 9.17) is 33.2 Å². The van der Waals surface area contributed by atoms with Crippen molar-refractivity contribution in [3.8, 4) is 11.1 Å². The van der Waals surface area contributed by atoms with Crippen LogP contribution in [-0.2, 0) is 39.3 Å². The maximum atomic E-state index is 13.1. The van der Waals surface area contributed by atoms with Gasteiger partial charge in [0.2, 0.25) is 0 Å². The Labute approximate surface area is 324 Å². The quantitative estimate of drug-likeness (QED) is 0.0543. The van der Waals surface area contributed by atoms with E-state index in [1.165, 1.54) is 40.5 Å². The maximum Gasteiger partial charge on any atom is 0.416 e. The molecule has 0 saturated carbocycles. The summed E-state index contributed by atoms with van der Waals surface area (Å²) in [5, 5.41) is 5.64. The van der Waals surface area contributed by atoms with Crippen LogP contribution < -0.4 is 10.6 Å². The summed E-state index contributed by atoms with van der Waals surface area (Å²) in [5.74, 6) is -0.607. The summed E-state index contributed by atoms with van der Waals surface area (Å²) < 4.78 is 77.5. The minimum absolute atomic E-state index is 0.00819. The van der Waals surface area contributed by atoms with Crippen molar-refractivity contribution in [1.82, 2.24) is 5.32 Å². The molecular weight excluding hydrogens is 733 g/mol. The third-order valence-electron chi connectivity index (χ3n) is 8.64. The van der Waals surface area contributed by atoms with Gasteiger partial charge in [-0.1, -0.05) is 66.7 Å². The summed E-state index contributed by atoms with van der Waals surface area (Å²) in [4.78, 5) is 24.9. The highest BCUT2D eigenvalue weighted by Gasteiger charge is 2.31. The lowest BCUT2D eigenvalue weighted by molar-refractivity contribution is -0.137. The van der Waals surface area contributed by atoms with Crippen LogP contribution in [0.1, 0.15) is 39.4 Å². The lowest BCUT2D eigenvalue weighted by Gasteiger charge is -2.14. The van der Waals surface area contributed by atoms with Gasteiger partial charge in [0.25, 0.3) is 0 Å². The first kappa shape index (κ1) is 42.2. The summed E-state index contributed by atoms with van der Waals surface area (Å²) in [6, 6.07) is 27.6. The Balaban J connectivity index is 0.785. The molecule has 0 bridgehead atoms. The Bertz CT molecular complexity index is 1780. The molecule has 0 radical (unpaired) electrons. The smallest absolute Gasteiger partial charge is 0.416 e. The largest absolute Gasteiger partial charge is 0.460 e. The lowest BCUT2D eigenvalue weighted by atomic mass is 9.98. The predicted octanol–water partition coefficient (Wildman–Crippen LogP) is 7.62. The monoisotopic (exact) mass is 780 g/mol. The Morgan fingerprint density at radius 3 is 1.73 bits per heavy atom. The normalized spacial score (nSPS) is 12.2. The highest BCUT2D eigenvalue weighted by atomic mass is 19.4. The van der Waals surface area contributed by atoms with E-state index in [9.17, 15) is 22.8 Å². The molecule has 0 spiro atoms. The molecule has 0 aliphatic heterocycles. The van der Waals surface area contributed by atoms with Gasteiger partial charge in [-0.25, -0.2) is 9.59 Å². The molecular formula is C42H47F3N2O9. The molecule has 300 valence electrons. The number of para-hydroxylation sites is 1. The van der Waals surface area contributed by atoms with E-state index in [0.717, 1.165) is 12.1 Å². The fraction of sp³-hybridized carbons (Fsp3) is 0.381. The Kier molecular flexibility index (Phi) is 17.0. The van der Waals surface area contributed by atoms with Crippen LogP contribution in [0, 0.1) is 0 Å². The van der Waals surface area contributed by atoms with E-state index in [-0.39, 0.29) is 37.0 Å².